The largest absolute Gasteiger partial charge is 0.481 e. The van der Waals surface area contributed by atoms with Gasteiger partial charge in [0.1, 0.15) is 0 Å². The van der Waals surface area contributed by atoms with Gasteiger partial charge in [-0.3, -0.25) is 4.79 Å². The molecule has 0 bridgehead atoms. The van der Waals surface area contributed by atoms with E-state index in [-0.39, 0.29) is 6.61 Å². The van der Waals surface area contributed by atoms with Gasteiger partial charge >= 0.3 is 6.09 Å². The molecule has 0 aliphatic carbocycles. The third kappa shape index (κ3) is 207. The fraction of sp³-hybridized carbons (Fsp3) is 0.800. The van der Waals surface area contributed by atoms with Crippen LogP contribution in [-0.4, -0.2) is 60.9 Å². The van der Waals surface area contributed by atoms with Crippen LogP contribution in [0.4, 0.5) is 4.79 Å². The number of aliphatic hydroxyl groups excluding tert-OH is 2. The van der Waals surface area contributed by atoms with Crippen LogP contribution in [0, 0.1) is 0 Å². The SMILES string of the molecule is CC(=O)O.CC(O)CO.CCOC(N)=O.COC. The van der Waals surface area contributed by atoms with Crippen molar-refractivity contribution in [2.24, 2.45) is 5.73 Å². The Labute approximate surface area is 107 Å². The monoisotopic (exact) mass is 271 g/mol. The maximum absolute atomic E-state index is 9.60. The number of carboxylic acids is 1. The molecule has 0 rings (SSSR count). The summed E-state index contributed by atoms with van der Waals surface area (Å²) in [6.07, 6.45) is -1.27. The van der Waals surface area contributed by atoms with E-state index in [1.165, 1.54) is 6.92 Å². The zero-order valence-electron chi connectivity index (χ0n) is 11.5. The standard InChI is InChI=1S/C3H7NO2.C3H8O2.C2H4O2.C2H6O/c1-2-6-3(4)5;1-3(5)2-4;1-2(3)4;1-3-2/h2H2,1H3,(H2,4,5);3-5H,2H2,1H3;1H3,(H,3,4);1-2H3. The molecule has 0 aromatic carbocycles. The number of aliphatic carboxylic acids is 1. The van der Waals surface area contributed by atoms with E-state index in [0.717, 1.165) is 6.92 Å². The van der Waals surface area contributed by atoms with Crippen LogP contribution < -0.4 is 5.73 Å². The lowest BCUT2D eigenvalue weighted by Crippen LogP contribution is -2.11. The minimum atomic E-state index is -0.833. The zero-order chi connectivity index (χ0) is 15.6. The Balaban J connectivity index is -0.0000000750. The summed E-state index contributed by atoms with van der Waals surface area (Å²) in [7, 11) is 3.25. The van der Waals surface area contributed by atoms with Gasteiger partial charge in [-0.15, -0.1) is 0 Å². The van der Waals surface area contributed by atoms with Crippen molar-refractivity contribution in [1.82, 2.24) is 0 Å². The molecule has 0 spiro atoms. The van der Waals surface area contributed by atoms with Crippen molar-refractivity contribution in [3.63, 3.8) is 0 Å². The van der Waals surface area contributed by atoms with Crippen molar-refractivity contribution >= 4 is 12.1 Å². The van der Waals surface area contributed by atoms with Gasteiger partial charge < -0.3 is 30.5 Å². The van der Waals surface area contributed by atoms with Crippen molar-refractivity contribution in [3.05, 3.63) is 0 Å². The summed E-state index contributed by atoms with van der Waals surface area (Å²) in [6, 6.07) is 0. The normalized spacial score (nSPS) is 9.06. The van der Waals surface area contributed by atoms with Crippen LogP contribution in [-0.2, 0) is 14.3 Å². The van der Waals surface area contributed by atoms with E-state index in [4.69, 9.17) is 20.1 Å². The van der Waals surface area contributed by atoms with Crippen molar-refractivity contribution in [2.75, 3.05) is 27.4 Å². The van der Waals surface area contributed by atoms with Gasteiger partial charge in [0.25, 0.3) is 5.97 Å². The van der Waals surface area contributed by atoms with Crippen LogP contribution in [0.1, 0.15) is 20.8 Å². The molecule has 0 heterocycles. The fourth-order valence-electron chi connectivity index (χ4n) is 0.142. The molecule has 5 N–H and O–H groups in total. The van der Waals surface area contributed by atoms with E-state index in [0.29, 0.717) is 6.61 Å². The molecular formula is C10H25NO7. The van der Waals surface area contributed by atoms with Gasteiger partial charge in [-0.1, -0.05) is 0 Å². The van der Waals surface area contributed by atoms with Crippen LogP contribution in [0.25, 0.3) is 0 Å². The molecule has 1 unspecified atom stereocenters. The number of nitrogens with two attached hydrogens (primary N) is 1. The molecule has 0 aliphatic heterocycles. The lowest BCUT2D eigenvalue weighted by Gasteiger charge is -1.90. The minimum absolute atomic E-state index is 0.139. The maximum atomic E-state index is 9.60. The molecule has 0 fully saturated rings. The van der Waals surface area contributed by atoms with Gasteiger partial charge in [0.15, 0.2) is 0 Å². The highest BCUT2D eigenvalue weighted by molar-refractivity contribution is 5.64. The molecule has 112 valence electrons. The first kappa shape index (κ1) is 25.5. The van der Waals surface area contributed by atoms with Crippen LogP contribution in [0.5, 0.6) is 0 Å². The first-order valence-electron chi connectivity index (χ1n) is 5.00. The van der Waals surface area contributed by atoms with Gasteiger partial charge in [0, 0.05) is 21.1 Å². The smallest absolute Gasteiger partial charge is 0.404 e. The molecule has 0 aromatic heterocycles. The van der Waals surface area contributed by atoms with Crippen molar-refractivity contribution in [2.45, 2.75) is 26.9 Å². The summed E-state index contributed by atoms with van der Waals surface area (Å²) in [5.41, 5.74) is 4.54. The predicted molar refractivity (Wildman–Crippen MR) is 66.2 cm³/mol. The second kappa shape index (κ2) is 24.7. The van der Waals surface area contributed by atoms with Crippen LogP contribution in [0.2, 0.25) is 0 Å². The molecule has 0 saturated carbocycles. The highest BCUT2D eigenvalue weighted by Gasteiger charge is 1.83. The number of carbonyl (C=O) groups excluding carboxylic acids is 1. The Morgan fingerprint density at radius 2 is 1.56 bits per heavy atom. The first-order valence-corrected chi connectivity index (χ1v) is 5.00. The first-order chi connectivity index (χ1) is 8.19. The lowest BCUT2D eigenvalue weighted by atomic mass is 10.5. The number of carboxylic acid groups (broad SMARTS) is 1. The number of methoxy groups -OCH3 is 1. The molecule has 8 nitrogen and oxygen atoms in total. The molecule has 8 heteroatoms. The Morgan fingerprint density at radius 3 is 1.56 bits per heavy atom. The third-order valence-corrected chi connectivity index (χ3v) is 0.551. The Hall–Kier alpha value is -1.38. The number of hydrogen-bond donors (Lipinski definition) is 4. The van der Waals surface area contributed by atoms with Gasteiger partial charge in [0.05, 0.1) is 19.3 Å². The molecule has 1 amide bonds. The topological polar surface area (TPSA) is 139 Å². The molecule has 1 atom stereocenters. The Kier molecular flexibility index (Phi) is 35.0. The minimum Gasteiger partial charge on any atom is -0.481 e. The fourth-order valence-corrected chi connectivity index (χ4v) is 0.142. The molecule has 18 heavy (non-hydrogen) atoms. The van der Waals surface area contributed by atoms with Crippen molar-refractivity contribution < 1.29 is 34.4 Å². The highest BCUT2D eigenvalue weighted by Crippen LogP contribution is 1.68. The van der Waals surface area contributed by atoms with E-state index in [9.17, 15) is 4.79 Å². The van der Waals surface area contributed by atoms with Crippen LogP contribution in [0.3, 0.4) is 0 Å². The van der Waals surface area contributed by atoms with E-state index >= 15 is 0 Å². The van der Waals surface area contributed by atoms with E-state index in [2.05, 4.69) is 15.2 Å². The van der Waals surface area contributed by atoms with Gasteiger partial charge in [-0.25, -0.2) is 4.79 Å². The number of primary amides is 1. The molecule has 0 saturated heterocycles. The highest BCUT2D eigenvalue weighted by atomic mass is 16.5. The molecule has 0 aromatic rings. The average Bonchev–Trinajstić information content (AvgIpc) is 2.18. The van der Waals surface area contributed by atoms with Crippen molar-refractivity contribution in [3.8, 4) is 0 Å². The second-order valence-corrected chi connectivity index (χ2v) is 2.71. The quantitative estimate of drug-likeness (QED) is 0.546. The van der Waals surface area contributed by atoms with E-state index < -0.39 is 18.2 Å². The van der Waals surface area contributed by atoms with Crippen molar-refractivity contribution in [1.29, 1.82) is 0 Å². The molecular weight excluding hydrogens is 246 g/mol. The number of ether oxygens (including phenoxy) is 2. The lowest BCUT2D eigenvalue weighted by molar-refractivity contribution is -0.134. The Bertz CT molecular complexity index is 170. The summed E-state index contributed by atoms with van der Waals surface area (Å²) < 4.78 is 8.43. The van der Waals surface area contributed by atoms with Crippen LogP contribution >= 0.6 is 0 Å². The number of amides is 1. The van der Waals surface area contributed by atoms with Gasteiger partial charge in [0.2, 0.25) is 0 Å². The third-order valence-electron chi connectivity index (χ3n) is 0.551. The number of carbonyl (C=O) groups is 2. The van der Waals surface area contributed by atoms with Gasteiger partial charge in [-0.05, 0) is 13.8 Å². The maximum Gasteiger partial charge on any atom is 0.404 e. The summed E-state index contributed by atoms with van der Waals surface area (Å²) in [5.74, 6) is -0.833. The number of hydrogen-bond acceptors (Lipinski definition) is 6. The summed E-state index contributed by atoms with van der Waals surface area (Å²) in [6.45, 7) is 4.53. The Morgan fingerprint density at radius 1 is 1.33 bits per heavy atom. The average molecular weight is 271 g/mol. The number of aliphatic hydroxyl groups is 2. The van der Waals surface area contributed by atoms with Crippen LogP contribution in [0.15, 0.2) is 0 Å². The summed E-state index contributed by atoms with van der Waals surface area (Å²) in [4.78, 5) is 18.6. The number of rotatable bonds is 2. The zero-order valence-corrected chi connectivity index (χ0v) is 11.5. The second-order valence-electron chi connectivity index (χ2n) is 2.71. The van der Waals surface area contributed by atoms with E-state index in [1.807, 2.05) is 0 Å². The summed E-state index contributed by atoms with van der Waals surface area (Å²) in [5, 5.41) is 23.4. The summed E-state index contributed by atoms with van der Waals surface area (Å²) >= 11 is 0. The van der Waals surface area contributed by atoms with E-state index in [1.54, 1.807) is 21.1 Å². The predicted octanol–water partition coefficient (Wildman–Crippen LogP) is -0.185. The molecule has 0 radical (unpaired) electrons. The molecule has 0 aliphatic rings. The van der Waals surface area contributed by atoms with Gasteiger partial charge in [-0.2, -0.15) is 0 Å².